The predicted octanol–water partition coefficient (Wildman–Crippen LogP) is 2.79. The third-order valence-corrected chi connectivity index (χ3v) is 3.04. The second-order valence-corrected chi connectivity index (χ2v) is 4.06. The smallest absolute Gasteiger partial charge is 0.187 e. The van der Waals surface area contributed by atoms with E-state index in [0.717, 1.165) is 12.2 Å². The molecule has 1 unspecified atom stereocenters. The summed E-state index contributed by atoms with van der Waals surface area (Å²) in [6.07, 6.45) is 4.82. The minimum Gasteiger partial charge on any atom is -0.309 e. The molecule has 3 nitrogen and oxygen atoms in total. The zero-order valence-electron chi connectivity index (χ0n) is 9.19. The van der Waals surface area contributed by atoms with Gasteiger partial charge in [0.2, 0.25) is 0 Å². The van der Waals surface area contributed by atoms with Gasteiger partial charge in [0.25, 0.3) is 0 Å². The molecule has 0 aromatic carbocycles. The molecule has 0 saturated carbocycles. The van der Waals surface area contributed by atoms with Crippen molar-refractivity contribution in [3.8, 4) is 0 Å². The van der Waals surface area contributed by atoms with Crippen molar-refractivity contribution in [1.29, 1.82) is 0 Å². The highest BCUT2D eigenvalue weighted by atomic mass is 32.1. The number of thiol groups is 1. The molecule has 80 valence electrons. The van der Waals surface area contributed by atoms with E-state index in [2.05, 4.69) is 36.7 Å². The number of rotatable bonds is 5. The zero-order valence-corrected chi connectivity index (χ0v) is 10.1. The van der Waals surface area contributed by atoms with Gasteiger partial charge in [0.1, 0.15) is 5.82 Å². The van der Waals surface area contributed by atoms with Crippen molar-refractivity contribution in [2.24, 2.45) is 7.05 Å². The average Bonchev–Trinajstić information content (AvgIpc) is 2.51. The molecule has 1 aromatic heterocycles. The third kappa shape index (κ3) is 2.50. The lowest BCUT2D eigenvalue weighted by Crippen LogP contribution is -2.06. The fourth-order valence-electron chi connectivity index (χ4n) is 1.65. The van der Waals surface area contributed by atoms with Crippen LogP contribution >= 0.6 is 12.6 Å². The molecule has 0 aliphatic heterocycles. The van der Waals surface area contributed by atoms with Gasteiger partial charge < -0.3 is 4.57 Å². The topological polar surface area (TPSA) is 30.7 Å². The van der Waals surface area contributed by atoms with E-state index in [1.807, 2.05) is 11.6 Å². The van der Waals surface area contributed by atoms with Gasteiger partial charge in [0.15, 0.2) is 5.16 Å². The highest BCUT2D eigenvalue weighted by molar-refractivity contribution is 7.80. The van der Waals surface area contributed by atoms with Crippen LogP contribution in [0.2, 0.25) is 0 Å². The lowest BCUT2D eigenvalue weighted by Gasteiger charge is -2.13. The minimum absolute atomic E-state index is 0.536. The Kier molecular flexibility index (Phi) is 4.45. The number of unbranched alkanes of at least 4 members (excludes halogenated alkanes) is 1. The van der Waals surface area contributed by atoms with Gasteiger partial charge in [-0.25, -0.2) is 0 Å². The van der Waals surface area contributed by atoms with Crippen molar-refractivity contribution >= 4 is 12.6 Å². The molecule has 1 heterocycles. The van der Waals surface area contributed by atoms with Crippen LogP contribution in [0, 0.1) is 0 Å². The van der Waals surface area contributed by atoms with Crippen molar-refractivity contribution in [2.75, 3.05) is 0 Å². The molecule has 0 radical (unpaired) electrons. The molecule has 0 aliphatic rings. The maximum atomic E-state index is 4.23. The van der Waals surface area contributed by atoms with Gasteiger partial charge in [-0.1, -0.05) is 26.7 Å². The van der Waals surface area contributed by atoms with E-state index in [-0.39, 0.29) is 0 Å². The van der Waals surface area contributed by atoms with E-state index >= 15 is 0 Å². The van der Waals surface area contributed by atoms with Crippen molar-refractivity contribution in [3.63, 3.8) is 0 Å². The van der Waals surface area contributed by atoms with E-state index in [0.29, 0.717) is 11.1 Å². The summed E-state index contributed by atoms with van der Waals surface area (Å²) in [4.78, 5) is 0. The van der Waals surface area contributed by atoms with Crippen LogP contribution in [0.4, 0.5) is 0 Å². The van der Waals surface area contributed by atoms with Crippen LogP contribution in [-0.4, -0.2) is 14.8 Å². The number of aromatic nitrogens is 3. The van der Waals surface area contributed by atoms with E-state index in [1.54, 1.807) is 0 Å². The van der Waals surface area contributed by atoms with Crippen LogP contribution in [0.15, 0.2) is 5.16 Å². The van der Waals surface area contributed by atoms with Crippen LogP contribution in [-0.2, 0) is 7.05 Å². The normalized spacial score (nSPS) is 13.1. The molecule has 1 aromatic rings. The Morgan fingerprint density at radius 1 is 1.36 bits per heavy atom. The summed E-state index contributed by atoms with van der Waals surface area (Å²) in [6.45, 7) is 4.42. The SMILES string of the molecule is CCCCC(CC)c1nnc(S)n1C. The van der Waals surface area contributed by atoms with Gasteiger partial charge in [-0.05, 0) is 12.8 Å². The van der Waals surface area contributed by atoms with Gasteiger partial charge >= 0.3 is 0 Å². The predicted molar refractivity (Wildman–Crippen MR) is 60.8 cm³/mol. The molecule has 0 amide bonds. The van der Waals surface area contributed by atoms with E-state index in [1.165, 1.54) is 19.3 Å². The van der Waals surface area contributed by atoms with Crippen molar-refractivity contribution in [3.05, 3.63) is 5.82 Å². The lowest BCUT2D eigenvalue weighted by molar-refractivity contribution is 0.522. The van der Waals surface area contributed by atoms with Gasteiger partial charge in [-0.2, -0.15) is 0 Å². The molecule has 0 fully saturated rings. The first-order valence-electron chi connectivity index (χ1n) is 5.28. The Morgan fingerprint density at radius 2 is 2.07 bits per heavy atom. The van der Waals surface area contributed by atoms with Crippen LogP contribution in [0.25, 0.3) is 0 Å². The first-order chi connectivity index (χ1) is 6.70. The van der Waals surface area contributed by atoms with E-state index in [9.17, 15) is 0 Å². The van der Waals surface area contributed by atoms with Gasteiger partial charge in [0, 0.05) is 13.0 Å². The highest BCUT2D eigenvalue weighted by Crippen LogP contribution is 2.24. The first-order valence-corrected chi connectivity index (χ1v) is 5.73. The molecule has 0 N–H and O–H groups in total. The van der Waals surface area contributed by atoms with Crippen molar-refractivity contribution in [2.45, 2.75) is 50.6 Å². The summed E-state index contributed by atoms with van der Waals surface area (Å²) in [5.74, 6) is 1.61. The van der Waals surface area contributed by atoms with Crippen LogP contribution in [0.1, 0.15) is 51.3 Å². The molecule has 0 aliphatic carbocycles. The Balaban J connectivity index is 2.73. The second-order valence-electron chi connectivity index (χ2n) is 3.66. The van der Waals surface area contributed by atoms with E-state index < -0.39 is 0 Å². The molecular formula is C10H19N3S. The fourth-order valence-corrected chi connectivity index (χ4v) is 1.80. The molecule has 1 rings (SSSR count). The standard InChI is InChI=1S/C10H19N3S/c1-4-6-7-8(5-2)9-11-12-10(14)13(9)3/h8H,4-7H2,1-3H3,(H,12,14). The van der Waals surface area contributed by atoms with Crippen LogP contribution in [0.3, 0.4) is 0 Å². The molecule has 14 heavy (non-hydrogen) atoms. The van der Waals surface area contributed by atoms with E-state index in [4.69, 9.17) is 0 Å². The molecule has 4 heteroatoms. The molecule has 1 atom stereocenters. The Bertz CT molecular complexity index is 283. The number of hydrogen-bond acceptors (Lipinski definition) is 3. The quantitative estimate of drug-likeness (QED) is 0.762. The Labute approximate surface area is 91.3 Å². The maximum absolute atomic E-state index is 4.23. The Hall–Kier alpha value is -0.510. The third-order valence-electron chi connectivity index (χ3n) is 2.65. The first kappa shape index (κ1) is 11.6. The summed E-state index contributed by atoms with van der Waals surface area (Å²) in [6, 6.07) is 0. The summed E-state index contributed by atoms with van der Waals surface area (Å²) in [5.41, 5.74) is 0. The largest absolute Gasteiger partial charge is 0.309 e. The number of nitrogens with zero attached hydrogens (tertiary/aromatic N) is 3. The second kappa shape index (κ2) is 5.39. The van der Waals surface area contributed by atoms with Crippen molar-refractivity contribution in [1.82, 2.24) is 14.8 Å². The number of hydrogen-bond donors (Lipinski definition) is 1. The zero-order chi connectivity index (χ0) is 10.6. The molecule has 0 spiro atoms. The summed E-state index contributed by atoms with van der Waals surface area (Å²) >= 11 is 4.23. The van der Waals surface area contributed by atoms with Gasteiger partial charge in [-0.15, -0.1) is 22.8 Å². The van der Waals surface area contributed by atoms with Gasteiger partial charge in [0.05, 0.1) is 0 Å². The minimum atomic E-state index is 0.536. The molecule has 0 saturated heterocycles. The molecule has 0 bridgehead atoms. The summed E-state index contributed by atoms with van der Waals surface area (Å²) < 4.78 is 1.98. The average molecular weight is 213 g/mol. The van der Waals surface area contributed by atoms with Gasteiger partial charge in [-0.3, -0.25) is 0 Å². The van der Waals surface area contributed by atoms with Crippen LogP contribution in [0.5, 0.6) is 0 Å². The Morgan fingerprint density at radius 3 is 2.50 bits per heavy atom. The maximum Gasteiger partial charge on any atom is 0.187 e. The molecular weight excluding hydrogens is 194 g/mol. The summed E-state index contributed by atoms with van der Waals surface area (Å²) in [5, 5.41) is 8.85. The summed E-state index contributed by atoms with van der Waals surface area (Å²) in [7, 11) is 1.98. The van der Waals surface area contributed by atoms with Crippen molar-refractivity contribution < 1.29 is 0 Å². The van der Waals surface area contributed by atoms with Crippen LogP contribution < -0.4 is 0 Å². The lowest BCUT2D eigenvalue weighted by atomic mass is 9.99. The monoisotopic (exact) mass is 213 g/mol. The fraction of sp³-hybridized carbons (Fsp3) is 0.800. The highest BCUT2D eigenvalue weighted by Gasteiger charge is 2.15.